The van der Waals surface area contributed by atoms with E-state index in [1.54, 1.807) is 25.3 Å². The SMILES string of the molecule is CCCc1c(C(=O)NCc2ccco2)cnn1-c1nc(C)cc(=O)[nH]1. The lowest BCUT2D eigenvalue weighted by Gasteiger charge is -2.08. The molecule has 8 heteroatoms. The zero-order valence-corrected chi connectivity index (χ0v) is 14.1. The second-order valence-electron chi connectivity index (χ2n) is 5.64. The molecule has 3 aromatic heterocycles. The number of H-pyrrole nitrogens is 1. The van der Waals surface area contributed by atoms with Crippen molar-refractivity contribution in [1.29, 1.82) is 0 Å². The molecule has 3 aromatic rings. The number of carbonyl (C=O) groups is 1. The van der Waals surface area contributed by atoms with Crippen molar-refractivity contribution >= 4 is 5.91 Å². The first-order chi connectivity index (χ1) is 12.1. The largest absolute Gasteiger partial charge is 0.467 e. The molecule has 0 fully saturated rings. The minimum Gasteiger partial charge on any atom is -0.467 e. The molecule has 3 rings (SSSR count). The first-order valence-corrected chi connectivity index (χ1v) is 8.04. The molecule has 0 unspecified atom stereocenters. The summed E-state index contributed by atoms with van der Waals surface area (Å²) >= 11 is 0. The van der Waals surface area contributed by atoms with Gasteiger partial charge < -0.3 is 9.73 Å². The van der Waals surface area contributed by atoms with Crippen LogP contribution in [-0.4, -0.2) is 25.7 Å². The van der Waals surface area contributed by atoms with Crippen molar-refractivity contribution in [2.75, 3.05) is 0 Å². The maximum atomic E-state index is 12.5. The molecule has 0 spiro atoms. The van der Waals surface area contributed by atoms with Gasteiger partial charge in [-0.1, -0.05) is 13.3 Å². The number of amides is 1. The van der Waals surface area contributed by atoms with E-state index in [2.05, 4.69) is 20.4 Å². The third-order valence-electron chi connectivity index (χ3n) is 3.66. The summed E-state index contributed by atoms with van der Waals surface area (Å²) in [5, 5.41) is 7.06. The van der Waals surface area contributed by atoms with Crippen molar-refractivity contribution < 1.29 is 9.21 Å². The van der Waals surface area contributed by atoms with Crippen LogP contribution >= 0.6 is 0 Å². The minimum absolute atomic E-state index is 0.249. The molecule has 130 valence electrons. The first kappa shape index (κ1) is 16.7. The Labute approximate surface area is 143 Å². The first-order valence-electron chi connectivity index (χ1n) is 8.04. The molecule has 1 amide bonds. The predicted octanol–water partition coefficient (Wildman–Crippen LogP) is 1.74. The molecule has 2 N–H and O–H groups in total. The monoisotopic (exact) mass is 341 g/mol. The van der Waals surface area contributed by atoms with Gasteiger partial charge in [0.2, 0.25) is 5.95 Å². The summed E-state index contributed by atoms with van der Waals surface area (Å²) in [6, 6.07) is 4.96. The van der Waals surface area contributed by atoms with Crippen molar-refractivity contribution in [3.63, 3.8) is 0 Å². The predicted molar refractivity (Wildman–Crippen MR) is 90.6 cm³/mol. The molecule has 0 bridgehead atoms. The van der Waals surface area contributed by atoms with E-state index in [4.69, 9.17) is 4.42 Å². The number of nitrogens with one attached hydrogen (secondary N) is 2. The van der Waals surface area contributed by atoms with E-state index in [1.165, 1.54) is 16.9 Å². The van der Waals surface area contributed by atoms with Crippen molar-refractivity contribution in [1.82, 2.24) is 25.1 Å². The third-order valence-corrected chi connectivity index (χ3v) is 3.66. The highest BCUT2D eigenvalue weighted by atomic mass is 16.3. The fraction of sp³-hybridized carbons (Fsp3) is 0.294. The maximum absolute atomic E-state index is 12.5. The lowest BCUT2D eigenvalue weighted by molar-refractivity contribution is 0.0947. The Hall–Kier alpha value is -3.16. The summed E-state index contributed by atoms with van der Waals surface area (Å²) < 4.78 is 6.73. The second kappa shape index (κ2) is 7.16. The maximum Gasteiger partial charge on any atom is 0.255 e. The molecule has 0 aromatic carbocycles. The summed E-state index contributed by atoms with van der Waals surface area (Å²) in [5.41, 5.74) is 1.48. The molecule has 0 aliphatic carbocycles. The van der Waals surface area contributed by atoms with E-state index < -0.39 is 0 Å². The van der Waals surface area contributed by atoms with E-state index in [1.807, 2.05) is 6.92 Å². The highest BCUT2D eigenvalue weighted by Gasteiger charge is 2.19. The molecule has 0 aliphatic rings. The summed E-state index contributed by atoms with van der Waals surface area (Å²) in [6.07, 6.45) is 4.49. The standard InChI is InChI=1S/C17H19N5O3/c1-3-5-14-13(16(24)18-9-12-6-4-7-25-12)10-19-22(14)17-20-11(2)8-15(23)21-17/h4,6-8,10H,3,5,9H2,1-2H3,(H,18,24)(H,20,21,23). The van der Waals surface area contributed by atoms with Crippen molar-refractivity contribution in [2.45, 2.75) is 33.2 Å². The number of aromatic amines is 1. The molecule has 25 heavy (non-hydrogen) atoms. The Morgan fingerprint density at radius 3 is 2.96 bits per heavy atom. The Balaban J connectivity index is 1.91. The number of hydrogen-bond donors (Lipinski definition) is 2. The fourth-order valence-electron chi connectivity index (χ4n) is 2.56. The van der Waals surface area contributed by atoms with Gasteiger partial charge in [0.1, 0.15) is 5.76 Å². The molecule has 8 nitrogen and oxygen atoms in total. The van der Waals surface area contributed by atoms with Crippen molar-refractivity contribution in [3.8, 4) is 5.95 Å². The molecule has 0 saturated heterocycles. The van der Waals surface area contributed by atoms with Gasteiger partial charge in [-0.2, -0.15) is 5.10 Å². The highest BCUT2D eigenvalue weighted by Crippen LogP contribution is 2.15. The van der Waals surface area contributed by atoms with E-state index in [-0.39, 0.29) is 11.5 Å². The van der Waals surface area contributed by atoms with Crippen LogP contribution in [0, 0.1) is 6.92 Å². The van der Waals surface area contributed by atoms with Gasteiger partial charge in [0.25, 0.3) is 11.5 Å². The van der Waals surface area contributed by atoms with Crippen LogP contribution in [0.1, 0.15) is 40.9 Å². The molecular formula is C17H19N5O3. The summed E-state index contributed by atoms with van der Waals surface area (Å²) in [6.45, 7) is 4.04. The van der Waals surface area contributed by atoms with Crippen LogP contribution in [0.25, 0.3) is 5.95 Å². The van der Waals surface area contributed by atoms with Gasteiger partial charge in [0.05, 0.1) is 30.3 Å². The zero-order valence-electron chi connectivity index (χ0n) is 14.1. The number of furan rings is 1. The highest BCUT2D eigenvalue weighted by molar-refractivity contribution is 5.95. The van der Waals surface area contributed by atoms with Crippen molar-refractivity contribution in [3.05, 3.63) is 63.7 Å². The Morgan fingerprint density at radius 1 is 1.44 bits per heavy atom. The summed E-state index contributed by atoms with van der Waals surface area (Å²) in [5.74, 6) is 0.724. The van der Waals surface area contributed by atoms with Crippen LogP contribution in [0.5, 0.6) is 0 Å². The molecular weight excluding hydrogens is 322 g/mol. The van der Waals surface area contributed by atoms with E-state index in [0.717, 1.165) is 6.42 Å². The Morgan fingerprint density at radius 2 is 2.28 bits per heavy atom. The number of rotatable bonds is 6. The van der Waals surface area contributed by atoms with Crippen LogP contribution < -0.4 is 10.9 Å². The summed E-state index contributed by atoms with van der Waals surface area (Å²) in [7, 11) is 0. The average molecular weight is 341 g/mol. The van der Waals surface area contributed by atoms with Crippen LogP contribution in [0.15, 0.2) is 39.9 Å². The van der Waals surface area contributed by atoms with Crippen molar-refractivity contribution in [2.24, 2.45) is 0 Å². The molecule has 0 radical (unpaired) electrons. The van der Waals surface area contributed by atoms with Gasteiger partial charge >= 0.3 is 0 Å². The molecule has 0 aliphatic heterocycles. The normalized spacial score (nSPS) is 10.8. The number of aryl methyl sites for hydroxylation is 1. The Kier molecular flexibility index (Phi) is 4.78. The van der Waals surface area contributed by atoms with Crippen LogP contribution in [-0.2, 0) is 13.0 Å². The van der Waals surface area contributed by atoms with Crippen LogP contribution in [0.3, 0.4) is 0 Å². The second-order valence-corrected chi connectivity index (χ2v) is 5.64. The van der Waals surface area contributed by atoms with Crippen LogP contribution in [0.2, 0.25) is 0 Å². The summed E-state index contributed by atoms with van der Waals surface area (Å²) in [4.78, 5) is 31.2. The number of hydrogen-bond acceptors (Lipinski definition) is 5. The fourth-order valence-corrected chi connectivity index (χ4v) is 2.56. The lowest BCUT2D eigenvalue weighted by atomic mass is 10.1. The molecule has 0 saturated carbocycles. The smallest absolute Gasteiger partial charge is 0.255 e. The van der Waals surface area contributed by atoms with Crippen LogP contribution in [0.4, 0.5) is 0 Å². The van der Waals surface area contributed by atoms with Gasteiger partial charge in [-0.15, -0.1) is 0 Å². The van der Waals surface area contributed by atoms with E-state index >= 15 is 0 Å². The lowest BCUT2D eigenvalue weighted by Crippen LogP contribution is -2.24. The van der Waals surface area contributed by atoms with Gasteiger partial charge in [-0.25, -0.2) is 9.67 Å². The number of aromatic nitrogens is 4. The third kappa shape index (κ3) is 3.68. The van der Waals surface area contributed by atoms with Gasteiger partial charge in [0.15, 0.2) is 0 Å². The number of carbonyl (C=O) groups excluding carboxylic acids is 1. The van der Waals surface area contributed by atoms with Gasteiger partial charge in [-0.3, -0.25) is 14.6 Å². The topological polar surface area (TPSA) is 106 Å². The average Bonchev–Trinajstić information content (AvgIpc) is 3.21. The number of nitrogens with zero attached hydrogens (tertiary/aromatic N) is 3. The van der Waals surface area contributed by atoms with E-state index in [0.29, 0.717) is 41.6 Å². The minimum atomic E-state index is -0.260. The van der Waals surface area contributed by atoms with Gasteiger partial charge in [0, 0.05) is 11.8 Å². The molecule has 3 heterocycles. The zero-order chi connectivity index (χ0) is 17.8. The molecule has 0 atom stereocenters. The van der Waals surface area contributed by atoms with E-state index in [9.17, 15) is 9.59 Å². The van der Waals surface area contributed by atoms with Gasteiger partial charge in [-0.05, 0) is 25.5 Å². The quantitative estimate of drug-likeness (QED) is 0.710. The Bertz CT molecular complexity index is 924.